The van der Waals surface area contributed by atoms with Gasteiger partial charge in [-0.1, -0.05) is 23.2 Å². The van der Waals surface area contributed by atoms with Crippen molar-refractivity contribution in [2.45, 2.75) is 24.0 Å². The summed E-state index contributed by atoms with van der Waals surface area (Å²) in [5.41, 5.74) is 2.35. The number of thioether (sulfide) groups is 1. The molecule has 1 rings (SSSR count). The maximum Gasteiger partial charge on any atom is 0.256 e. The van der Waals surface area contributed by atoms with E-state index in [2.05, 4.69) is 5.48 Å². The lowest BCUT2D eigenvalue weighted by atomic mass is 10.4. The largest absolute Gasteiger partial charge is 0.274 e. The van der Waals surface area contributed by atoms with Crippen LogP contribution in [0.2, 0.25) is 10.0 Å². The molecule has 0 aromatic heterocycles. The van der Waals surface area contributed by atoms with Crippen molar-refractivity contribution in [1.29, 1.82) is 0 Å². The van der Waals surface area contributed by atoms with Gasteiger partial charge in [-0.3, -0.25) is 9.63 Å². The Bertz CT molecular complexity index is 401. The number of rotatable bonds is 5. The average Bonchev–Trinajstić information content (AvgIpc) is 2.30. The van der Waals surface area contributed by atoms with Gasteiger partial charge in [-0.2, -0.15) is 0 Å². The highest BCUT2D eigenvalue weighted by atomic mass is 35.5. The van der Waals surface area contributed by atoms with Gasteiger partial charge < -0.3 is 0 Å². The molecule has 3 nitrogen and oxygen atoms in total. The lowest BCUT2D eigenvalue weighted by molar-refractivity contribution is -0.132. The van der Waals surface area contributed by atoms with E-state index in [0.29, 0.717) is 16.7 Å². The van der Waals surface area contributed by atoms with Crippen LogP contribution in [0, 0.1) is 0 Å². The molecular formula is C11H13Cl2NO2S. The zero-order chi connectivity index (χ0) is 12.8. The molecule has 17 heavy (non-hydrogen) atoms. The van der Waals surface area contributed by atoms with Gasteiger partial charge >= 0.3 is 0 Å². The first-order valence-electron chi connectivity index (χ1n) is 5.08. The third-order valence-electron chi connectivity index (χ3n) is 1.88. The second kappa shape index (κ2) is 7.11. The molecule has 0 radical (unpaired) electrons. The van der Waals surface area contributed by atoms with Gasteiger partial charge in [-0.25, -0.2) is 5.48 Å². The number of halogens is 2. The fourth-order valence-corrected chi connectivity index (χ4v) is 2.44. The summed E-state index contributed by atoms with van der Waals surface area (Å²) in [6.45, 7) is 4.00. The molecule has 1 atom stereocenters. The SMILES string of the molecule is CCONC(=O)[C@H](C)Sc1cc(Cl)ccc1Cl. The smallest absolute Gasteiger partial charge is 0.256 e. The highest BCUT2D eigenvalue weighted by molar-refractivity contribution is 8.00. The maximum atomic E-state index is 11.6. The Morgan fingerprint density at radius 2 is 2.24 bits per heavy atom. The Balaban J connectivity index is 2.64. The molecular weight excluding hydrogens is 281 g/mol. The molecule has 0 saturated heterocycles. The fourth-order valence-electron chi connectivity index (χ4n) is 1.04. The van der Waals surface area contributed by atoms with E-state index in [4.69, 9.17) is 28.0 Å². The first-order chi connectivity index (χ1) is 8.04. The molecule has 0 spiro atoms. The number of carbonyl (C=O) groups excluding carboxylic acids is 1. The molecule has 0 saturated carbocycles. The average molecular weight is 294 g/mol. The van der Waals surface area contributed by atoms with Crippen LogP contribution in [-0.4, -0.2) is 17.8 Å². The molecule has 94 valence electrons. The predicted molar refractivity (Wildman–Crippen MR) is 71.5 cm³/mol. The van der Waals surface area contributed by atoms with Crippen molar-refractivity contribution in [2.24, 2.45) is 0 Å². The summed E-state index contributed by atoms with van der Waals surface area (Å²) in [6, 6.07) is 5.15. The zero-order valence-electron chi connectivity index (χ0n) is 9.50. The Hall–Kier alpha value is -0.420. The molecule has 0 aliphatic carbocycles. The summed E-state index contributed by atoms with van der Waals surface area (Å²) in [5, 5.41) is 0.863. The molecule has 0 unspecified atom stereocenters. The summed E-state index contributed by atoms with van der Waals surface area (Å²) >= 11 is 13.2. The van der Waals surface area contributed by atoms with Gasteiger partial charge in [-0.15, -0.1) is 11.8 Å². The number of nitrogens with one attached hydrogen (secondary N) is 1. The van der Waals surface area contributed by atoms with E-state index in [1.807, 2.05) is 0 Å². The van der Waals surface area contributed by atoms with Crippen molar-refractivity contribution in [1.82, 2.24) is 5.48 Å². The van der Waals surface area contributed by atoms with E-state index in [9.17, 15) is 4.79 Å². The number of benzene rings is 1. The number of carbonyl (C=O) groups is 1. The number of hydrogen-bond donors (Lipinski definition) is 1. The van der Waals surface area contributed by atoms with Gasteiger partial charge in [0.25, 0.3) is 5.91 Å². The van der Waals surface area contributed by atoms with E-state index >= 15 is 0 Å². The topological polar surface area (TPSA) is 38.3 Å². The molecule has 0 aliphatic rings. The molecule has 1 amide bonds. The van der Waals surface area contributed by atoms with E-state index in [-0.39, 0.29) is 11.2 Å². The Morgan fingerprint density at radius 3 is 2.88 bits per heavy atom. The van der Waals surface area contributed by atoms with Gasteiger partial charge in [-0.05, 0) is 32.0 Å². The first-order valence-corrected chi connectivity index (χ1v) is 6.71. The van der Waals surface area contributed by atoms with Crippen molar-refractivity contribution in [2.75, 3.05) is 6.61 Å². The van der Waals surface area contributed by atoms with Crippen molar-refractivity contribution in [3.63, 3.8) is 0 Å². The van der Waals surface area contributed by atoms with Crippen LogP contribution >= 0.6 is 35.0 Å². The van der Waals surface area contributed by atoms with Gasteiger partial charge in [0.15, 0.2) is 0 Å². The lowest BCUT2D eigenvalue weighted by Gasteiger charge is -2.12. The van der Waals surface area contributed by atoms with Crippen molar-refractivity contribution >= 4 is 40.9 Å². The van der Waals surface area contributed by atoms with Crippen LogP contribution in [-0.2, 0) is 9.63 Å². The van der Waals surface area contributed by atoms with Gasteiger partial charge in [0.05, 0.1) is 16.9 Å². The van der Waals surface area contributed by atoms with Crippen molar-refractivity contribution in [3.05, 3.63) is 28.2 Å². The summed E-state index contributed by atoms with van der Waals surface area (Å²) in [7, 11) is 0. The van der Waals surface area contributed by atoms with Crippen LogP contribution < -0.4 is 5.48 Å². The Labute approximate surface area is 115 Å². The third kappa shape index (κ3) is 4.76. The monoisotopic (exact) mass is 293 g/mol. The minimum absolute atomic E-state index is 0.201. The molecule has 0 aliphatic heterocycles. The van der Waals surface area contributed by atoms with Crippen LogP contribution in [0.25, 0.3) is 0 Å². The van der Waals surface area contributed by atoms with Crippen molar-refractivity contribution < 1.29 is 9.63 Å². The fraction of sp³-hybridized carbons (Fsp3) is 0.364. The number of hydroxylamine groups is 1. The molecule has 0 heterocycles. The highest BCUT2D eigenvalue weighted by Gasteiger charge is 2.16. The molecule has 1 aromatic carbocycles. The summed E-state index contributed by atoms with van der Waals surface area (Å²) < 4.78 is 0. The van der Waals surface area contributed by atoms with Gasteiger partial charge in [0, 0.05) is 9.92 Å². The predicted octanol–water partition coefficient (Wildman–Crippen LogP) is 3.54. The Morgan fingerprint density at radius 1 is 1.53 bits per heavy atom. The van der Waals surface area contributed by atoms with Crippen LogP contribution in [0.3, 0.4) is 0 Å². The van der Waals surface area contributed by atoms with Crippen LogP contribution in [0.1, 0.15) is 13.8 Å². The number of hydrogen-bond acceptors (Lipinski definition) is 3. The van der Waals surface area contributed by atoms with Crippen LogP contribution in [0.5, 0.6) is 0 Å². The molecule has 0 fully saturated rings. The zero-order valence-corrected chi connectivity index (χ0v) is 11.8. The van der Waals surface area contributed by atoms with E-state index in [0.717, 1.165) is 4.90 Å². The Kier molecular flexibility index (Phi) is 6.12. The lowest BCUT2D eigenvalue weighted by Crippen LogP contribution is -2.30. The summed E-state index contributed by atoms with van der Waals surface area (Å²) in [6.07, 6.45) is 0. The molecule has 1 aromatic rings. The maximum absolute atomic E-state index is 11.6. The molecule has 0 bridgehead atoms. The second-order valence-corrected chi connectivity index (χ2v) is 5.46. The van der Waals surface area contributed by atoms with Gasteiger partial charge in [0.1, 0.15) is 0 Å². The van der Waals surface area contributed by atoms with E-state index in [1.54, 1.807) is 32.0 Å². The van der Waals surface area contributed by atoms with Crippen molar-refractivity contribution in [3.8, 4) is 0 Å². The van der Waals surface area contributed by atoms with Gasteiger partial charge in [0.2, 0.25) is 0 Å². The normalized spacial score (nSPS) is 12.2. The first kappa shape index (κ1) is 14.6. The van der Waals surface area contributed by atoms with E-state index in [1.165, 1.54) is 11.8 Å². The molecule has 1 N–H and O–H groups in total. The van der Waals surface area contributed by atoms with Crippen LogP contribution in [0.15, 0.2) is 23.1 Å². The van der Waals surface area contributed by atoms with Crippen LogP contribution in [0.4, 0.5) is 0 Å². The minimum Gasteiger partial charge on any atom is -0.274 e. The third-order valence-corrected chi connectivity index (χ3v) is 3.72. The number of amides is 1. The minimum atomic E-state index is -0.308. The highest BCUT2D eigenvalue weighted by Crippen LogP contribution is 2.32. The van der Waals surface area contributed by atoms with E-state index < -0.39 is 0 Å². The summed E-state index contributed by atoms with van der Waals surface area (Å²) in [5.74, 6) is -0.201. The standard InChI is InChI=1S/C11H13Cl2NO2S/c1-3-16-14-11(15)7(2)17-10-6-8(12)4-5-9(10)13/h4-7H,3H2,1-2H3,(H,14,15)/t7-/m0/s1. The quantitative estimate of drug-likeness (QED) is 0.667. The molecule has 6 heteroatoms. The second-order valence-electron chi connectivity index (χ2n) is 3.23. The summed E-state index contributed by atoms with van der Waals surface area (Å²) in [4.78, 5) is 17.2.